The summed E-state index contributed by atoms with van der Waals surface area (Å²) in [5.41, 5.74) is 0. The van der Waals surface area contributed by atoms with Gasteiger partial charge >= 0.3 is 0 Å². The van der Waals surface area contributed by atoms with Gasteiger partial charge in [-0.2, -0.15) is 12.7 Å². The zero-order chi connectivity index (χ0) is 12.2. The minimum atomic E-state index is -3.63. The summed E-state index contributed by atoms with van der Waals surface area (Å²) in [5, 5.41) is 4.98. The number of rotatable bonds is 3. The SMILES string of the molecule is C#CCCC(=O)N1CCN(S(N)(=O)=O)CC1. The van der Waals surface area contributed by atoms with Crippen LogP contribution in [-0.2, 0) is 15.0 Å². The van der Waals surface area contributed by atoms with E-state index in [1.807, 2.05) is 0 Å². The molecule has 0 atom stereocenters. The van der Waals surface area contributed by atoms with Gasteiger partial charge in [-0.05, 0) is 0 Å². The minimum absolute atomic E-state index is 0.0352. The fraction of sp³-hybridized carbons (Fsp3) is 0.667. The molecule has 1 aliphatic rings. The Hall–Kier alpha value is -1.10. The minimum Gasteiger partial charge on any atom is -0.340 e. The molecule has 2 N–H and O–H groups in total. The van der Waals surface area contributed by atoms with E-state index in [0.29, 0.717) is 25.9 Å². The van der Waals surface area contributed by atoms with Crippen LogP contribution in [0.3, 0.4) is 0 Å². The second-order valence-electron chi connectivity index (χ2n) is 3.53. The smallest absolute Gasteiger partial charge is 0.277 e. The molecule has 0 saturated carbocycles. The summed E-state index contributed by atoms with van der Waals surface area (Å²) in [7, 11) is -3.63. The quantitative estimate of drug-likeness (QED) is 0.630. The van der Waals surface area contributed by atoms with Crippen LogP contribution in [0, 0.1) is 12.3 Å². The lowest BCUT2D eigenvalue weighted by Gasteiger charge is -2.32. The predicted octanol–water partition coefficient (Wildman–Crippen LogP) is -1.25. The zero-order valence-electron chi connectivity index (χ0n) is 8.92. The Kier molecular flexibility index (Phi) is 4.29. The molecule has 1 fully saturated rings. The van der Waals surface area contributed by atoms with E-state index >= 15 is 0 Å². The summed E-state index contributed by atoms with van der Waals surface area (Å²) >= 11 is 0. The molecule has 1 rings (SSSR count). The van der Waals surface area contributed by atoms with Gasteiger partial charge in [0.25, 0.3) is 10.2 Å². The molecular weight excluding hydrogens is 230 g/mol. The lowest BCUT2D eigenvalue weighted by Crippen LogP contribution is -2.52. The Labute approximate surface area is 95.6 Å². The molecule has 0 spiro atoms. The fourth-order valence-corrected chi connectivity index (χ4v) is 2.20. The van der Waals surface area contributed by atoms with Crippen molar-refractivity contribution in [2.45, 2.75) is 12.8 Å². The first-order valence-corrected chi connectivity index (χ1v) is 6.44. The van der Waals surface area contributed by atoms with E-state index in [1.54, 1.807) is 4.90 Å². The number of carbonyl (C=O) groups excluding carboxylic acids is 1. The van der Waals surface area contributed by atoms with E-state index < -0.39 is 10.2 Å². The predicted molar refractivity (Wildman–Crippen MR) is 59.3 cm³/mol. The van der Waals surface area contributed by atoms with Crippen LogP contribution in [-0.4, -0.2) is 49.7 Å². The highest BCUT2D eigenvalue weighted by Crippen LogP contribution is 2.06. The molecule has 0 aromatic rings. The van der Waals surface area contributed by atoms with Gasteiger partial charge in [0.15, 0.2) is 0 Å². The van der Waals surface area contributed by atoms with E-state index in [2.05, 4.69) is 5.92 Å². The lowest BCUT2D eigenvalue weighted by molar-refractivity contribution is -0.132. The van der Waals surface area contributed by atoms with Crippen molar-refractivity contribution in [2.75, 3.05) is 26.2 Å². The Morgan fingerprint density at radius 2 is 1.88 bits per heavy atom. The highest BCUT2D eigenvalue weighted by Gasteiger charge is 2.25. The van der Waals surface area contributed by atoms with Crippen LogP contribution in [0.15, 0.2) is 0 Å². The number of nitrogens with two attached hydrogens (primary N) is 1. The standard InChI is InChI=1S/C9H15N3O3S/c1-2-3-4-9(13)11-5-7-12(8-6-11)16(10,14)15/h1H,3-8H2,(H2,10,14,15). The van der Waals surface area contributed by atoms with Gasteiger partial charge in [0.1, 0.15) is 0 Å². The van der Waals surface area contributed by atoms with Crippen LogP contribution in [0.1, 0.15) is 12.8 Å². The first kappa shape index (κ1) is 13.0. The van der Waals surface area contributed by atoms with Crippen LogP contribution in [0.4, 0.5) is 0 Å². The van der Waals surface area contributed by atoms with Gasteiger partial charge in [0.05, 0.1) is 0 Å². The maximum absolute atomic E-state index is 11.5. The highest BCUT2D eigenvalue weighted by molar-refractivity contribution is 7.86. The number of nitrogens with zero attached hydrogens (tertiary/aromatic N) is 2. The van der Waals surface area contributed by atoms with Gasteiger partial charge in [0.2, 0.25) is 5.91 Å². The van der Waals surface area contributed by atoms with Crippen LogP contribution < -0.4 is 5.14 Å². The molecule has 7 heteroatoms. The number of hydrogen-bond donors (Lipinski definition) is 1. The second-order valence-corrected chi connectivity index (χ2v) is 5.08. The maximum Gasteiger partial charge on any atom is 0.277 e. The molecule has 0 aromatic heterocycles. The summed E-state index contributed by atoms with van der Waals surface area (Å²) in [4.78, 5) is 13.2. The second kappa shape index (κ2) is 5.30. The van der Waals surface area contributed by atoms with Gasteiger partial charge in [-0.1, -0.05) is 0 Å². The van der Waals surface area contributed by atoms with E-state index in [4.69, 9.17) is 11.6 Å². The first-order chi connectivity index (χ1) is 7.45. The molecule has 16 heavy (non-hydrogen) atoms. The Morgan fingerprint density at radius 3 is 2.31 bits per heavy atom. The third-order valence-electron chi connectivity index (χ3n) is 2.43. The molecule has 0 bridgehead atoms. The topological polar surface area (TPSA) is 83.7 Å². The van der Waals surface area contributed by atoms with Crippen molar-refractivity contribution >= 4 is 16.1 Å². The molecule has 1 aliphatic heterocycles. The van der Waals surface area contributed by atoms with Crippen molar-refractivity contribution in [3.8, 4) is 12.3 Å². The lowest BCUT2D eigenvalue weighted by atomic mass is 10.2. The van der Waals surface area contributed by atoms with Crippen molar-refractivity contribution < 1.29 is 13.2 Å². The summed E-state index contributed by atoms with van der Waals surface area (Å²) in [6.07, 6.45) is 5.78. The Morgan fingerprint density at radius 1 is 1.31 bits per heavy atom. The van der Waals surface area contributed by atoms with Crippen molar-refractivity contribution in [2.24, 2.45) is 5.14 Å². The highest BCUT2D eigenvalue weighted by atomic mass is 32.2. The van der Waals surface area contributed by atoms with E-state index in [-0.39, 0.29) is 19.0 Å². The molecule has 90 valence electrons. The Bertz CT molecular complexity index is 391. The summed E-state index contributed by atoms with van der Waals surface area (Å²) in [6.45, 7) is 1.25. The molecule has 0 unspecified atom stereocenters. The summed E-state index contributed by atoms with van der Waals surface area (Å²) in [5.74, 6) is 2.36. The largest absolute Gasteiger partial charge is 0.340 e. The van der Waals surface area contributed by atoms with Gasteiger partial charge < -0.3 is 4.90 Å². The van der Waals surface area contributed by atoms with E-state index in [0.717, 1.165) is 4.31 Å². The van der Waals surface area contributed by atoms with Crippen LogP contribution in [0.5, 0.6) is 0 Å². The van der Waals surface area contributed by atoms with Gasteiger partial charge in [-0.15, -0.1) is 12.3 Å². The normalized spacial score (nSPS) is 18.1. The van der Waals surface area contributed by atoms with E-state index in [9.17, 15) is 13.2 Å². The summed E-state index contributed by atoms with van der Waals surface area (Å²) < 4.78 is 23.2. The number of amides is 1. The van der Waals surface area contributed by atoms with Crippen molar-refractivity contribution in [3.63, 3.8) is 0 Å². The van der Waals surface area contributed by atoms with Gasteiger partial charge in [0, 0.05) is 39.0 Å². The molecule has 0 aromatic carbocycles. The van der Waals surface area contributed by atoms with Gasteiger partial charge in [-0.25, -0.2) is 5.14 Å². The average Bonchev–Trinajstić information content (AvgIpc) is 2.25. The van der Waals surface area contributed by atoms with Crippen molar-refractivity contribution in [1.82, 2.24) is 9.21 Å². The first-order valence-electron chi connectivity index (χ1n) is 4.94. The molecule has 0 radical (unpaired) electrons. The Balaban J connectivity index is 2.44. The van der Waals surface area contributed by atoms with Crippen LogP contribution in [0.25, 0.3) is 0 Å². The number of piperazine rings is 1. The number of carbonyl (C=O) groups is 1. The molecular formula is C9H15N3O3S. The number of terminal acetylenes is 1. The number of hydrogen-bond acceptors (Lipinski definition) is 3. The van der Waals surface area contributed by atoms with Crippen LogP contribution in [0.2, 0.25) is 0 Å². The fourth-order valence-electron chi connectivity index (χ4n) is 1.53. The monoisotopic (exact) mass is 245 g/mol. The molecule has 0 aliphatic carbocycles. The third kappa shape index (κ3) is 3.48. The summed E-state index contributed by atoms with van der Waals surface area (Å²) in [6, 6.07) is 0. The molecule has 1 amide bonds. The van der Waals surface area contributed by atoms with Gasteiger partial charge in [-0.3, -0.25) is 4.79 Å². The van der Waals surface area contributed by atoms with Crippen LogP contribution >= 0.6 is 0 Å². The van der Waals surface area contributed by atoms with Crippen molar-refractivity contribution in [3.05, 3.63) is 0 Å². The third-order valence-corrected chi connectivity index (χ3v) is 3.52. The van der Waals surface area contributed by atoms with E-state index in [1.165, 1.54) is 0 Å². The molecule has 1 saturated heterocycles. The zero-order valence-corrected chi connectivity index (χ0v) is 9.74. The average molecular weight is 245 g/mol. The maximum atomic E-state index is 11.5. The molecule has 6 nitrogen and oxygen atoms in total. The molecule has 1 heterocycles. The van der Waals surface area contributed by atoms with Crippen molar-refractivity contribution in [1.29, 1.82) is 0 Å².